The maximum absolute atomic E-state index is 12.2. The number of pyridine rings is 1. The summed E-state index contributed by atoms with van der Waals surface area (Å²) in [5.74, 6) is 0.745. The maximum atomic E-state index is 12.2. The molecule has 3 heteroatoms. The van der Waals surface area contributed by atoms with Gasteiger partial charge >= 0.3 is 0 Å². The molecule has 2 aromatic rings. The number of carbonyl (C=O) groups is 1. The van der Waals surface area contributed by atoms with E-state index in [-0.39, 0.29) is 5.78 Å². The van der Waals surface area contributed by atoms with Gasteiger partial charge in [-0.1, -0.05) is 29.8 Å². The molecule has 0 amide bonds. The number of aryl methyl sites for hydroxylation is 2. The molecule has 0 N–H and O–H groups in total. The third-order valence-corrected chi connectivity index (χ3v) is 3.07. The van der Waals surface area contributed by atoms with Gasteiger partial charge in [0.05, 0.1) is 12.8 Å². The van der Waals surface area contributed by atoms with Crippen molar-refractivity contribution in [2.45, 2.75) is 26.7 Å². The molecule has 104 valence electrons. The SMILES string of the molecule is CCOc1cncc(C(=O)CCc2cccc(C)c2)c1. The van der Waals surface area contributed by atoms with E-state index < -0.39 is 0 Å². The van der Waals surface area contributed by atoms with Gasteiger partial charge in [0, 0.05) is 18.2 Å². The van der Waals surface area contributed by atoms with Gasteiger partial charge in [-0.05, 0) is 31.9 Å². The minimum atomic E-state index is 0.0977. The highest BCUT2D eigenvalue weighted by Crippen LogP contribution is 2.14. The normalized spacial score (nSPS) is 10.3. The Bertz CT molecular complexity index is 593. The molecular weight excluding hydrogens is 250 g/mol. The quantitative estimate of drug-likeness (QED) is 0.752. The van der Waals surface area contributed by atoms with Crippen LogP contribution in [0.4, 0.5) is 0 Å². The Morgan fingerprint density at radius 1 is 1.25 bits per heavy atom. The molecule has 0 fully saturated rings. The van der Waals surface area contributed by atoms with Crippen LogP contribution in [0.25, 0.3) is 0 Å². The molecule has 1 aromatic heterocycles. The number of Topliss-reactive ketones (excluding diaryl/α,β-unsaturated/α-hetero) is 1. The number of ketones is 1. The summed E-state index contributed by atoms with van der Waals surface area (Å²) in [6.07, 6.45) is 4.46. The second kappa shape index (κ2) is 6.85. The van der Waals surface area contributed by atoms with Crippen LogP contribution >= 0.6 is 0 Å². The van der Waals surface area contributed by atoms with E-state index >= 15 is 0 Å². The first-order valence-electron chi connectivity index (χ1n) is 6.85. The molecule has 2 rings (SSSR count). The van der Waals surface area contributed by atoms with E-state index in [2.05, 4.69) is 30.1 Å². The van der Waals surface area contributed by atoms with Crippen LogP contribution in [0.3, 0.4) is 0 Å². The lowest BCUT2D eigenvalue weighted by Gasteiger charge is -2.05. The van der Waals surface area contributed by atoms with Crippen LogP contribution in [0.2, 0.25) is 0 Å². The van der Waals surface area contributed by atoms with Gasteiger partial charge in [0.2, 0.25) is 0 Å². The van der Waals surface area contributed by atoms with E-state index in [4.69, 9.17) is 4.74 Å². The Morgan fingerprint density at radius 2 is 2.10 bits per heavy atom. The molecule has 0 radical (unpaired) electrons. The fraction of sp³-hybridized carbons (Fsp3) is 0.294. The molecule has 0 saturated heterocycles. The van der Waals surface area contributed by atoms with E-state index in [1.165, 1.54) is 11.1 Å². The monoisotopic (exact) mass is 269 g/mol. The highest BCUT2D eigenvalue weighted by molar-refractivity contribution is 5.96. The summed E-state index contributed by atoms with van der Waals surface area (Å²) in [6, 6.07) is 10.00. The van der Waals surface area contributed by atoms with Crippen molar-refractivity contribution in [3.63, 3.8) is 0 Å². The van der Waals surface area contributed by atoms with Crippen LogP contribution < -0.4 is 4.74 Å². The average Bonchev–Trinajstić information content (AvgIpc) is 2.45. The Labute approximate surface area is 119 Å². The highest BCUT2D eigenvalue weighted by Gasteiger charge is 2.08. The van der Waals surface area contributed by atoms with Crippen molar-refractivity contribution in [3.05, 3.63) is 59.4 Å². The zero-order valence-electron chi connectivity index (χ0n) is 11.9. The summed E-state index contributed by atoms with van der Waals surface area (Å²) in [5.41, 5.74) is 3.02. The Balaban J connectivity index is 1.99. The van der Waals surface area contributed by atoms with E-state index in [1.807, 2.05) is 13.0 Å². The summed E-state index contributed by atoms with van der Waals surface area (Å²) in [5, 5.41) is 0. The first-order chi connectivity index (χ1) is 9.69. The molecule has 0 aliphatic heterocycles. The lowest BCUT2D eigenvalue weighted by molar-refractivity contribution is 0.0982. The molecular formula is C17H19NO2. The van der Waals surface area contributed by atoms with Gasteiger partial charge in [0.1, 0.15) is 5.75 Å². The van der Waals surface area contributed by atoms with Crippen molar-refractivity contribution in [1.82, 2.24) is 4.98 Å². The van der Waals surface area contributed by atoms with Gasteiger partial charge < -0.3 is 4.74 Å². The Hall–Kier alpha value is -2.16. The van der Waals surface area contributed by atoms with Crippen molar-refractivity contribution in [1.29, 1.82) is 0 Å². The fourth-order valence-corrected chi connectivity index (χ4v) is 2.09. The predicted molar refractivity (Wildman–Crippen MR) is 79.2 cm³/mol. The van der Waals surface area contributed by atoms with Crippen molar-refractivity contribution in [2.75, 3.05) is 6.61 Å². The van der Waals surface area contributed by atoms with Crippen LogP contribution in [-0.4, -0.2) is 17.4 Å². The Kier molecular flexibility index (Phi) is 4.88. The van der Waals surface area contributed by atoms with Gasteiger partial charge in [-0.15, -0.1) is 0 Å². The number of rotatable bonds is 6. The molecule has 0 atom stereocenters. The van der Waals surface area contributed by atoms with Crippen molar-refractivity contribution < 1.29 is 9.53 Å². The third kappa shape index (κ3) is 3.92. The second-order valence-corrected chi connectivity index (χ2v) is 4.75. The van der Waals surface area contributed by atoms with Crippen LogP contribution in [0.1, 0.15) is 34.8 Å². The lowest BCUT2D eigenvalue weighted by Crippen LogP contribution is -2.03. The number of nitrogens with zero attached hydrogens (tertiary/aromatic N) is 1. The van der Waals surface area contributed by atoms with Crippen molar-refractivity contribution >= 4 is 5.78 Å². The topological polar surface area (TPSA) is 39.2 Å². The summed E-state index contributed by atoms with van der Waals surface area (Å²) < 4.78 is 5.36. The second-order valence-electron chi connectivity index (χ2n) is 4.75. The van der Waals surface area contributed by atoms with Gasteiger partial charge in [0.15, 0.2) is 5.78 Å². The van der Waals surface area contributed by atoms with Gasteiger partial charge in [-0.3, -0.25) is 9.78 Å². The Morgan fingerprint density at radius 3 is 2.85 bits per heavy atom. The molecule has 20 heavy (non-hydrogen) atoms. The molecule has 0 unspecified atom stereocenters. The molecule has 1 heterocycles. The number of benzene rings is 1. The van der Waals surface area contributed by atoms with Gasteiger partial charge in [-0.2, -0.15) is 0 Å². The molecule has 1 aromatic carbocycles. The minimum absolute atomic E-state index is 0.0977. The molecule has 3 nitrogen and oxygen atoms in total. The van der Waals surface area contributed by atoms with E-state index in [0.29, 0.717) is 24.3 Å². The summed E-state index contributed by atoms with van der Waals surface area (Å²) in [7, 11) is 0. The number of carbonyl (C=O) groups excluding carboxylic acids is 1. The fourth-order valence-electron chi connectivity index (χ4n) is 2.09. The highest BCUT2D eigenvalue weighted by atomic mass is 16.5. The summed E-state index contributed by atoms with van der Waals surface area (Å²) in [6.45, 7) is 4.54. The zero-order valence-corrected chi connectivity index (χ0v) is 11.9. The minimum Gasteiger partial charge on any atom is -0.492 e. The van der Waals surface area contributed by atoms with Crippen LogP contribution in [0.5, 0.6) is 5.75 Å². The molecule has 0 saturated carbocycles. The number of aromatic nitrogens is 1. The van der Waals surface area contributed by atoms with Gasteiger partial charge in [0.25, 0.3) is 0 Å². The maximum Gasteiger partial charge on any atom is 0.164 e. The lowest BCUT2D eigenvalue weighted by atomic mass is 10.0. The largest absolute Gasteiger partial charge is 0.492 e. The number of hydrogen-bond acceptors (Lipinski definition) is 3. The third-order valence-electron chi connectivity index (χ3n) is 3.07. The van der Waals surface area contributed by atoms with Crippen LogP contribution in [0.15, 0.2) is 42.7 Å². The smallest absolute Gasteiger partial charge is 0.164 e. The zero-order chi connectivity index (χ0) is 14.4. The molecule has 0 aliphatic carbocycles. The van der Waals surface area contributed by atoms with E-state index in [9.17, 15) is 4.79 Å². The van der Waals surface area contributed by atoms with Crippen LogP contribution in [-0.2, 0) is 6.42 Å². The van der Waals surface area contributed by atoms with Gasteiger partial charge in [-0.25, -0.2) is 0 Å². The standard InChI is InChI=1S/C17H19NO2/c1-3-20-16-10-15(11-18-12-16)17(19)8-7-14-6-4-5-13(2)9-14/h4-6,9-12H,3,7-8H2,1-2H3. The first-order valence-corrected chi connectivity index (χ1v) is 6.85. The van der Waals surface area contributed by atoms with Crippen LogP contribution in [0, 0.1) is 6.92 Å². The average molecular weight is 269 g/mol. The van der Waals surface area contributed by atoms with E-state index in [0.717, 1.165) is 6.42 Å². The number of hydrogen-bond donors (Lipinski definition) is 0. The predicted octanol–water partition coefficient (Wildman–Crippen LogP) is 3.60. The molecule has 0 bridgehead atoms. The van der Waals surface area contributed by atoms with Crippen molar-refractivity contribution in [3.8, 4) is 5.75 Å². The summed E-state index contributed by atoms with van der Waals surface area (Å²) in [4.78, 5) is 16.2. The number of ether oxygens (including phenoxy) is 1. The first kappa shape index (κ1) is 14.3. The van der Waals surface area contributed by atoms with E-state index in [1.54, 1.807) is 18.5 Å². The summed E-state index contributed by atoms with van der Waals surface area (Å²) >= 11 is 0. The molecule has 0 aliphatic rings. The van der Waals surface area contributed by atoms with Crippen molar-refractivity contribution in [2.24, 2.45) is 0 Å². The molecule has 0 spiro atoms.